The van der Waals surface area contributed by atoms with E-state index in [4.69, 9.17) is 9.47 Å². The second-order valence-corrected chi connectivity index (χ2v) is 8.03. The van der Waals surface area contributed by atoms with E-state index in [9.17, 15) is 0 Å². The van der Waals surface area contributed by atoms with Gasteiger partial charge in [0.15, 0.2) is 0 Å². The molecular weight excluding hydrogens is 362 g/mol. The molecular formula is C24H33N3O2. The molecule has 2 aromatic rings. The van der Waals surface area contributed by atoms with Gasteiger partial charge in [-0.2, -0.15) is 0 Å². The van der Waals surface area contributed by atoms with Gasteiger partial charge < -0.3 is 19.3 Å². The molecule has 5 nitrogen and oxygen atoms in total. The second-order valence-electron chi connectivity index (χ2n) is 8.03. The van der Waals surface area contributed by atoms with Crippen LogP contribution in [0.4, 0.5) is 11.4 Å². The van der Waals surface area contributed by atoms with E-state index in [0.717, 1.165) is 63.6 Å². The van der Waals surface area contributed by atoms with Crippen LogP contribution in [0.5, 0.6) is 11.5 Å². The Morgan fingerprint density at radius 3 is 2.38 bits per heavy atom. The molecule has 156 valence electrons. The van der Waals surface area contributed by atoms with E-state index in [-0.39, 0.29) is 0 Å². The Labute approximate surface area is 174 Å². The lowest BCUT2D eigenvalue weighted by molar-refractivity contribution is 0.260. The molecule has 1 fully saturated rings. The molecule has 0 aromatic heterocycles. The zero-order chi connectivity index (χ0) is 20.2. The number of rotatable bonds is 6. The van der Waals surface area contributed by atoms with Crippen molar-refractivity contribution in [2.45, 2.75) is 19.3 Å². The molecule has 0 aliphatic carbocycles. The predicted octanol–water partition coefficient (Wildman–Crippen LogP) is 3.45. The molecule has 0 spiro atoms. The summed E-state index contributed by atoms with van der Waals surface area (Å²) >= 11 is 0. The molecule has 2 aliphatic rings. The normalized spacial score (nSPS) is 17.2. The SMILES string of the molecule is COc1ccccc1N1CCN(CCc2ccc(OC)c3c2CCCN3C)CC1. The van der Waals surface area contributed by atoms with Gasteiger partial charge in [0.25, 0.3) is 0 Å². The molecule has 0 saturated carbocycles. The van der Waals surface area contributed by atoms with E-state index in [0.29, 0.717) is 0 Å². The van der Waals surface area contributed by atoms with Gasteiger partial charge in [0, 0.05) is 46.3 Å². The van der Waals surface area contributed by atoms with Gasteiger partial charge in [0.05, 0.1) is 25.6 Å². The minimum absolute atomic E-state index is 0.968. The van der Waals surface area contributed by atoms with E-state index >= 15 is 0 Å². The summed E-state index contributed by atoms with van der Waals surface area (Å²) in [5, 5.41) is 0. The van der Waals surface area contributed by atoms with E-state index in [1.165, 1.54) is 28.9 Å². The highest BCUT2D eigenvalue weighted by Crippen LogP contribution is 2.38. The van der Waals surface area contributed by atoms with Crippen molar-refractivity contribution in [2.75, 3.05) is 70.3 Å². The average molecular weight is 396 g/mol. The summed E-state index contributed by atoms with van der Waals surface area (Å²) in [7, 11) is 5.71. The lowest BCUT2D eigenvalue weighted by Crippen LogP contribution is -2.47. The third-order valence-corrected chi connectivity index (χ3v) is 6.36. The van der Waals surface area contributed by atoms with Gasteiger partial charge >= 0.3 is 0 Å². The number of methoxy groups -OCH3 is 2. The number of benzene rings is 2. The maximum absolute atomic E-state index is 5.64. The summed E-state index contributed by atoms with van der Waals surface area (Å²) in [4.78, 5) is 7.39. The van der Waals surface area contributed by atoms with Gasteiger partial charge in [-0.3, -0.25) is 4.90 Å². The fourth-order valence-electron chi connectivity index (χ4n) is 4.74. The first-order chi connectivity index (χ1) is 14.2. The molecule has 2 aliphatic heterocycles. The van der Waals surface area contributed by atoms with Crippen molar-refractivity contribution < 1.29 is 9.47 Å². The lowest BCUT2D eigenvalue weighted by Gasteiger charge is -2.37. The highest BCUT2D eigenvalue weighted by atomic mass is 16.5. The maximum atomic E-state index is 5.64. The first-order valence-corrected chi connectivity index (χ1v) is 10.7. The monoisotopic (exact) mass is 395 g/mol. The summed E-state index contributed by atoms with van der Waals surface area (Å²) in [6.07, 6.45) is 3.49. The van der Waals surface area contributed by atoms with Crippen LogP contribution in [0.15, 0.2) is 36.4 Å². The Morgan fingerprint density at radius 1 is 0.862 bits per heavy atom. The number of para-hydroxylation sites is 2. The van der Waals surface area contributed by atoms with Crippen LogP contribution in [0, 0.1) is 0 Å². The van der Waals surface area contributed by atoms with Gasteiger partial charge in [-0.15, -0.1) is 0 Å². The summed E-state index contributed by atoms with van der Waals surface area (Å²) in [5.74, 6) is 1.98. The molecule has 0 atom stereocenters. The fourth-order valence-corrected chi connectivity index (χ4v) is 4.74. The van der Waals surface area contributed by atoms with Crippen LogP contribution in [-0.4, -0.2) is 65.4 Å². The Hall–Kier alpha value is -2.40. The smallest absolute Gasteiger partial charge is 0.142 e. The molecule has 0 amide bonds. The number of piperazine rings is 1. The van der Waals surface area contributed by atoms with Crippen molar-refractivity contribution >= 4 is 11.4 Å². The van der Waals surface area contributed by atoms with Crippen molar-refractivity contribution in [3.8, 4) is 11.5 Å². The van der Waals surface area contributed by atoms with Crippen LogP contribution in [0.2, 0.25) is 0 Å². The standard InChI is InChI=1S/C24H33N3O2/c1-25-13-6-7-20-19(10-11-23(29-3)24(20)25)12-14-26-15-17-27(18-16-26)21-8-4-5-9-22(21)28-2/h4-5,8-11H,6-7,12-18H2,1-3H3. The largest absolute Gasteiger partial charge is 0.495 e. The molecule has 0 unspecified atom stereocenters. The Morgan fingerprint density at radius 2 is 1.62 bits per heavy atom. The van der Waals surface area contributed by atoms with E-state index in [1.807, 2.05) is 12.1 Å². The van der Waals surface area contributed by atoms with Crippen LogP contribution in [0.25, 0.3) is 0 Å². The summed E-state index contributed by atoms with van der Waals surface area (Å²) < 4.78 is 11.2. The lowest BCUT2D eigenvalue weighted by atomic mass is 9.94. The Kier molecular flexibility index (Phi) is 6.14. The number of fused-ring (bicyclic) bond motifs is 1. The fraction of sp³-hybridized carbons (Fsp3) is 0.500. The van der Waals surface area contributed by atoms with Gasteiger partial charge in [-0.1, -0.05) is 18.2 Å². The highest BCUT2D eigenvalue weighted by Gasteiger charge is 2.23. The third kappa shape index (κ3) is 4.15. The molecule has 5 heteroatoms. The van der Waals surface area contributed by atoms with Crippen LogP contribution < -0.4 is 19.3 Å². The van der Waals surface area contributed by atoms with Gasteiger partial charge in [-0.25, -0.2) is 0 Å². The number of ether oxygens (including phenoxy) is 2. The number of hydrogen-bond donors (Lipinski definition) is 0. The van der Waals surface area contributed by atoms with Gasteiger partial charge in [0.2, 0.25) is 0 Å². The first kappa shape index (κ1) is 19.9. The Bertz CT molecular complexity index is 831. The molecule has 4 rings (SSSR count). The highest BCUT2D eigenvalue weighted by molar-refractivity contribution is 5.67. The number of anilines is 2. The average Bonchev–Trinajstić information content (AvgIpc) is 2.78. The minimum Gasteiger partial charge on any atom is -0.495 e. The molecule has 0 N–H and O–H groups in total. The van der Waals surface area contributed by atoms with E-state index < -0.39 is 0 Å². The molecule has 0 radical (unpaired) electrons. The first-order valence-electron chi connectivity index (χ1n) is 10.7. The zero-order valence-corrected chi connectivity index (χ0v) is 18.0. The van der Waals surface area contributed by atoms with Crippen molar-refractivity contribution in [1.29, 1.82) is 0 Å². The van der Waals surface area contributed by atoms with E-state index in [2.05, 4.69) is 46.0 Å². The van der Waals surface area contributed by atoms with Crippen LogP contribution in [0.1, 0.15) is 17.5 Å². The third-order valence-electron chi connectivity index (χ3n) is 6.36. The van der Waals surface area contributed by atoms with Crippen LogP contribution in [-0.2, 0) is 12.8 Å². The molecule has 2 aromatic carbocycles. The Balaban J connectivity index is 1.38. The summed E-state index contributed by atoms with van der Waals surface area (Å²) in [5.41, 5.74) is 5.49. The van der Waals surface area contributed by atoms with Crippen molar-refractivity contribution in [2.24, 2.45) is 0 Å². The molecule has 2 heterocycles. The second kappa shape index (κ2) is 8.95. The maximum Gasteiger partial charge on any atom is 0.142 e. The number of nitrogens with zero attached hydrogens (tertiary/aromatic N) is 3. The summed E-state index contributed by atoms with van der Waals surface area (Å²) in [6, 6.07) is 12.8. The topological polar surface area (TPSA) is 28.2 Å². The quantitative estimate of drug-likeness (QED) is 0.747. The van der Waals surface area contributed by atoms with Gasteiger partial charge in [-0.05, 0) is 48.6 Å². The molecule has 29 heavy (non-hydrogen) atoms. The van der Waals surface area contributed by atoms with Crippen LogP contribution in [0.3, 0.4) is 0 Å². The molecule has 0 bridgehead atoms. The zero-order valence-electron chi connectivity index (χ0n) is 18.0. The van der Waals surface area contributed by atoms with Crippen molar-refractivity contribution in [1.82, 2.24) is 4.90 Å². The molecule has 1 saturated heterocycles. The van der Waals surface area contributed by atoms with E-state index in [1.54, 1.807) is 14.2 Å². The predicted molar refractivity (Wildman–Crippen MR) is 120 cm³/mol. The van der Waals surface area contributed by atoms with Crippen LogP contribution >= 0.6 is 0 Å². The summed E-state index contributed by atoms with van der Waals surface area (Å²) in [6.45, 7) is 6.50. The number of hydrogen-bond acceptors (Lipinski definition) is 5. The minimum atomic E-state index is 0.968. The van der Waals surface area contributed by atoms with Crippen molar-refractivity contribution in [3.05, 3.63) is 47.5 Å². The van der Waals surface area contributed by atoms with Crippen molar-refractivity contribution in [3.63, 3.8) is 0 Å². The van der Waals surface area contributed by atoms with Gasteiger partial charge in [0.1, 0.15) is 11.5 Å².